The molecule has 1 N–H and O–H groups in total. The molecule has 2 aliphatic carbocycles. The molecule has 2 fully saturated rings. The van der Waals surface area contributed by atoms with Crippen LogP contribution in [0.5, 0.6) is 0 Å². The highest BCUT2D eigenvalue weighted by molar-refractivity contribution is 8.00. The minimum absolute atomic E-state index is 0.0558. The predicted molar refractivity (Wildman–Crippen MR) is 80.4 cm³/mol. The van der Waals surface area contributed by atoms with Crippen molar-refractivity contribution in [1.82, 2.24) is 5.32 Å². The topological polar surface area (TPSA) is 38.3 Å². The minimum Gasteiger partial charge on any atom is -0.468 e. The Morgan fingerprint density at radius 1 is 1.32 bits per heavy atom. The molecule has 0 radical (unpaired) electrons. The molecule has 3 atom stereocenters. The van der Waals surface area contributed by atoms with Crippen molar-refractivity contribution in [2.45, 2.75) is 75.0 Å². The monoisotopic (exact) mass is 285 g/mol. The third kappa shape index (κ3) is 3.66. The van der Waals surface area contributed by atoms with E-state index in [2.05, 4.69) is 26.1 Å². The molecular weight excluding hydrogens is 258 g/mol. The van der Waals surface area contributed by atoms with Crippen LogP contribution in [-0.4, -0.2) is 35.2 Å². The van der Waals surface area contributed by atoms with E-state index in [9.17, 15) is 4.79 Å². The SMILES string of the molecule is COC(=O)C1(NC2CC2)CCC(SC(C)C(C)C)C1. The van der Waals surface area contributed by atoms with Gasteiger partial charge in [0.15, 0.2) is 0 Å². The van der Waals surface area contributed by atoms with Gasteiger partial charge in [0.2, 0.25) is 0 Å². The lowest BCUT2D eigenvalue weighted by atomic mass is 9.97. The molecule has 3 nitrogen and oxygen atoms in total. The molecule has 3 unspecified atom stereocenters. The second-order valence-electron chi connectivity index (χ2n) is 6.44. The van der Waals surface area contributed by atoms with Crippen LogP contribution in [0.3, 0.4) is 0 Å². The number of rotatable bonds is 6. The van der Waals surface area contributed by atoms with E-state index in [1.165, 1.54) is 20.0 Å². The molecule has 110 valence electrons. The third-order valence-corrected chi connectivity index (χ3v) is 6.21. The van der Waals surface area contributed by atoms with Crippen molar-refractivity contribution in [2.75, 3.05) is 7.11 Å². The fraction of sp³-hybridized carbons (Fsp3) is 0.933. The molecule has 0 saturated heterocycles. The Kier molecular flexibility index (Phi) is 4.83. The molecule has 0 bridgehead atoms. The number of thioether (sulfide) groups is 1. The number of hydrogen-bond acceptors (Lipinski definition) is 4. The van der Waals surface area contributed by atoms with Crippen LogP contribution in [-0.2, 0) is 9.53 Å². The van der Waals surface area contributed by atoms with E-state index >= 15 is 0 Å². The van der Waals surface area contributed by atoms with E-state index < -0.39 is 5.54 Å². The fourth-order valence-electron chi connectivity index (χ4n) is 2.77. The van der Waals surface area contributed by atoms with Gasteiger partial charge in [0, 0.05) is 16.5 Å². The molecular formula is C15H27NO2S. The summed E-state index contributed by atoms with van der Waals surface area (Å²) in [6, 6.07) is 0.547. The zero-order valence-electron chi connectivity index (χ0n) is 12.6. The number of carbonyl (C=O) groups excluding carboxylic acids is 1. The van der Waals surface area contributed by atoms with Crippen LogP contribution in [0, 0.1) is 5.92 Å². The van der Waals surface area contributed by atoms with Gasteiger partial charge in [0.05, 0.1) is 7.11 Å². The quantitative estimate of drug-likeness (QED) is 0.761. The molecule has 0 aliphatic heterocycles. The van der Waals surface area contributed by atoms with Gasteiger partial charge in [-0.3, -0.25) is 10.1 Å². The molecule has 19 heavy (non-hydrogen) atoms. The Balaban J connectivity index is 1.96. The summed E-state index contributed by atoms with van der Waals surface area (Å²) >= 11 is 2.05. The number of esters is 1. The summed E-state index contributed by atoms with van der Waals surface area (Å²) in [5, 5.41) is 4.80. The van der Waals surface area contributed by atoms with Crippen LogP contribution in [0.25, 0.3) is 0 Å². The highest BCUT2D eigenvalue weighted by Gasteiger charge is 2.49. The van der Waals surface area contributed by atoms with Gasteiger partial charge in [-0.05, 0) is 38.0 Å². The van der Waals surface area contributed by atoms with Crippen molar-refractivity contribution in [2.24, 2.45) is 5.92 Å². The molecule has 0 aromatic rings. The van der Waals surface area contributed by atoms with Crippen molar-refractivity contribution in [3.05, 3.63) is 0 Å². The predicted octanol–water partition coefficient (Wildman–Crippen LogP) is 2.98. The Morgan fingerprint density at radius 2 is 2.00 bits per heavy atom. The van der Waals surface area contributed by atoms with E-state index in [0.29, 0.717) is 22.5 Å². The van der Waals surface area contributed by atoms with Gasteiger partial charge in [-0.25, -0.2) is 0 Å². The van der Waals surface area contributed by atoms with Crippen molar-refractivity contribution < 1.29 is 9.53 Å². The van der Waals surface area contributed by atoms with Gasteiger partial charge < -0.3 is 4.74 Å². The van der Waals surface area contributed by atoms with Gasteiger partial charge in [-0.15, -0.1) is 0 Å². The molecule has 2 saturated carbocycles. The molecule has 0 heterocycles. The van der Waals surface area contributed by atoms with Crippen LogP contribution >= 0.6 is 11.8 Å². The smallest absolute Gasteiger partial charge is 0.326 e. The largest absolute Gasteiger partial charge is 0.468 e. The summed E-state index contributed by atoms with van der Waals surface area (Å²) in [4.78, 5) is 12.2. The first-order chi connectivity index (χ1) is 8.97. The van der Waals surface area contributed by atoms with Crippen LogP contribution in [0.4, 0.5) is 0 Å². The van der Waals surface area contributed by atoms with Gasteiger partial charge in [0.1, 0.15) is 5.54 Å². The number of ether oxygens (including phenoxy) is 1. The van der Waals surface area contributed by atoms with Crippen molar-refractivity contribution in [3.63, 3.8) is 0 Å². The van der Waals surface area contributed by atoms with Crippen molar-refractivity contribution >= 4 is 17.7 Å². The molecule has 0 spiro atoms. The van der Waals surface area contributed by atoms with Crippen LogP contribution in [0.1, 0.15) is 52.9 Å². The van der Waals surface area contributed by atoms with Crippen molar-refractivity contribution in [3.8, 4) is 0 Å². The summed E-state index contributed by atoms with van der Waals surface area (Å²) in [7, 11) is 1.51. The second-order valence-corrected chi connectivity index (χ2v) is 8.12. The molecule has 2 rings (SSSR count). The normalized spacial score (nSPS) is 32.6. The summed E-state index contributed by atoms with van der Waals surface area (Å²) in [5.74, 6) is 0.634. The summed E-state index contributed by atoms with van der Waals surface area (Å²) in [6.45, 7) is 6.83. The van der Waals surface area contributed by atoms with Gasteiger partial charge in [-0.1, -0.05) is 20.8 Å². The van der Waals surface area contributed by atoms with Crippen LogP contribution < -0.4 is 5.32 Å². The average molecular weight is 285 g/mol. The third-order valence-electron chi connectivity index (χ3n) is 4.45. The van der Waals surface area contributed by atoms with E-state index in [-0.39, 0.29) is 5.97 Å². The molecule has 4 heteroatoms. The van der Waals surface area contributed by atoms with E-state index in [1.54, 1.807) is 0 Å². The highest BCUT2D eigenvalue weighted by Crippen LogP contribution is 2.42. The zero-order valence-corrected chi connectivity index (χ0v) is 13.4. The van der Waals surface area contributed by atoms with Gasteiger partial charge in [-0.2, -0.15) is 11.8 Å². The maximum absolute atomic E-state index is 12.2. The zero-order chi connectivity index (χ0) is 14.0. The van der Waals surface area contributed by atoms with Crippen LogP contribution in [0.2, 0.25) is 0 Å². The maximum atomic E-state index is 12.2. The lowest BCUT2D eigenvalue weighted by Crippen LogP contribution is -2.52. The Hall–Kier alpha value is -0.220. The Morgan fingerprint density at radius 3 is 2.53 bits per heavy atom. The molecule has 0 aromatic heterocycles. The highest BCUT2D eigenvalue weighted by atomic mass is 32.2. The molecule has 0 aromatic carbocycles. The Labute approximate surface area is 121 Å². The van der Waals surface area contributed by atoms with E-state index in [0.717, 1.165) is 19.3 Å². The standard InChI is InChI=1S/C15H27NO2S/c1-10(2)11(3)19-13-7-8-15(9-13,14(17)18-4)16-12-5-6-12/h10-13,16H,5-9H2,1-4H3. The summed E-state index contributed by atoms with van der Waals surface area (Å²) in [5.41, 5.74) is -0.399. The summed E-state index contributed by atoms with van der Waals surface area (Å²) in [6.07, 6.45) is 5.39. The van der Waals surface area contributed by atoms with Gasteiger partial charge >= 0.3 is 5.97 Å². The van der Waals surface area contributed by atoms with Crippen molar-refractivity contribution in [1.29, 1.82) is 0 Å². The summed E-state index contributed by atoms with van der Waals surface area (Å²) < 4.78 is 5.06. The number of methoxy groups -OCH3 is 1. The lowest BCUT2D eigenvalue weighted by Gasteiger charge is -2.28. The second kappa shape index (κ2) is 6.04. The van der Waals surface area contributed by atoms with E-state index in [1.807, 2.05) is 11.8 Å². The number of carbonyl (C=O) groups is 1. The number of hydrogen-bond donors (Lipinski definition) is 1. The maximum Gasteiger partial charge on any atom is 0.326 e. The first-order valence-electron chi connectivity index (χ1n) is 7.48. The lowest BCUT2D eigenvalue weighted by molar-refractivity contribution is -0.148. The number of nitrogens with one attached hydrogen (secondary N) is 1. The Bertz CT molecular complexity index is 330. The van der Waals surface area contributed by atoms with Gasteiger partial charge in [0.25, 0.3) is 0 Å². The minimum atomic E-state index is -0.399. The van der Waals surface area contributed by atoms with E-state index in [4.69, 9.17) is 4.74 Å². The average Bonchev–Trinajstić information content (AvgIpc) is 3.08. The fourth-order valence-corrected chi connectivity index (χ4v) is 4.32. The first kappa shape index (κ1) is 15.2. The van der Waals surface area contributed by atoms with Crippen LogP contribution in [0.15, 0.2) is 0 Å². The molecule has 2 aliphatic rings. The first-order valence-corrected chi connectivity index (χ1v) is 8.42. The molecule has 0 amide bonds.